The van der Waals surface area contributed by atoms with Crippen LogP contribution in [0.25, 0.3) is 66.1 Å². The molecule has 1 spiro atoms. The maximum absolute atomic E-state index is 6.90. The lowest BCUT2D eigenvalue weighted by atomic mass is 9.69. The van der Waals surface area contributed by atoms with E-state index < -0.39 is 5.41 Å². The third-order valence-electron chi connectivity index (χ3n) is 9.74. The summed E-state index contributed by atoms with van der Waals surface area (Å²) in [5, 5.41) is 5.32. The summed E-state index contributed by atoms with van der Waals surface area (Å²) in [4.78, 5) is 0. The zero-order valence-corrected chi connectivity index (χ0v) is 23.8. The van der Waals surface area contributed by atoms with Crippen molar-refractivity contribution in [2.45, 2.75) is 5.41 Å². The molecule has 7 aromatic carbocycles. The summed E-state index contributed by atoms with van der Waals surface area (Å²) in [5.74, 6) is 0. The number of para-hydroxylation sites is 1. The van der Waals surface area contributed by atoms with Crippen LogP contribution < -0.4 is 0 Å². The molecule has 1 unspecified atom stereocenters. The summed E-state index contributed by atoms with van der Waals surface area (Å²) in [6.45, 7) is 0. The van der Waals surface area contributed by atoms with Crippen LogP contribution in [-0.2, 0) is 5.41 Å². The van der Waals surface area contributed by atoms with Gasteiger partial charge in [-0.25, -0.2) is 0 Å². The number of rotatable bonds is 1. The second-order valence-corrected chi connectivity index (χ2v) is 12.2. The summed E-state index contributed by atoms with van der Waals surface area (Å²) in [7, 11) is 0. The predicted octanol–water partition coefficient (Wildman–Crippen LogP) is 11.4. The van der Waals surface area contributed by atoms with Gasteiger partial charge in [-0.3, -0.25) is 0 Å². The standard InChI is InChI=1S/C41H23ClO/c42-37-23-26(21-33-31-13-5-8-16-38(31)43-40(33)37)25-18-19-30-28-11-3-6-14-34(28)41(36(30)22-25)35-15-7-4-12-29(35)32-20-17-24-9-1-2-10-27(24)39(32)41/h1-23H. The minimum absolute atomic E-state index is 0.426. The molecule has 10 rings (SSSR count). The van der Waals surface area contributed by atoms with Crippen molar-refractivity contribution in [2.75, 3.05) is 0 Å². The highest BCUT2D eigenvalue weighted by atomic mass is 35.5. The molecule has 0 fully saturated rings. The lowest BCUT2D eigenvalue weighted by molar-refractivity contribution is 0.669. The molecule has 0 saturated heterocycles. The van der Waals surface area contributed by atoms with Crippen molar-refractivity contribution >= 4 is 44.3 Å². The van der Waals surface area contributed by atoms with Crippen molar-refractivity contribution in [1.29, 1.82) is 0 Å². The number of hydrogen-bond acceptors (Lipinski definition) is 1. The molecule has 0 radical (unpaired) electrons. The minimum Gasteiger partial charge on any atom is -0.454 e. The Bertz CT molecular complexity index is 2470. The Labute approximate surface area is 253 Å². The van der Waals surface area contributed by atoms with E-state index in [2.05, 4.69) is 121 Å². The van der Waals surface area contributed by atoms with E-state index in [1.165, 1.54) is 55.3 Å². The molecular formula is C41H23ClO. The summed E-state index contributed by atoms with van der Waals surface area (Å²) >= 11 is 6.90. The summed E-state index contributed by atoms with van der Waals surface area (Å²) < 4.78 is 6.15. The fraction of sp³-hybridized carbons (Fsp3) is 0.0244. The van der Waals surface area contributed by atoms with Crippen molar-refractivity contribution in [3.63, 3.8) is 0 Å². The lowest BCUT2D eigenvalue weighted by Gasteiger charge is -2.31. The first-order valence-electron chi connectivity index (χ1n) is 14.7. The molecule has 1 atom stereocenters. The van der Waals surface area contributed by atoms with Gasteiger partial charge in [0.2, 0.25) is 0 Å². The fourth-order valence-corrected chi connectivity index (χ4v) is 8.31. The third kappa shape index (κ3) is 2.88. The molecule has 8 aromatic rings. The lowest BCUT2D eigenvalue weighted by Crippen LogP contribution is -2.26. The van der Waals surface area contributed by atoms with Gasteiger partial charge in [-0.1, -0.05) is 127 Å². The topological polar surface area (TPSA) is 13.1 Å². The van der Waals surface area contributed by atoms with Crippen molar-refractivity contribution in [3.8, 4) is 33.4 Å². The van der Waals surface area contributed by atoms with E-state index in [1.54, 1.807) is 0 Å². The van der Waals surface area contributed by atoms with Gasteiger partial charge in [-0.05, 0) is 90.7 Å². The molecule has 43 heavy (non-hydrogen) atoms. The Morgan fingerprint density at radius 2 is 1.12 bits per heavy atom. The van der Waals surface area contributed by atoms with E-state index in [0.717, 1.165) is 33.1 Å². The largest absolute Gasteiger partial charge is 0.454 e. The molecule has 2 aliphatic rings. The van der Waals surface area contributed by atoms with Gasteiger partial charge >= 0.3 is 0 Å². The molecule has 1 nitrogen and oxygen atoms in total. The second-order valence-electron chi connectivity index (χ2n) is 11.7. The number of halogens is 1. The van der Waals surface area contributed by atoms with Gasteiger partial charge in [0.05, 0.1) is 10.4 Å². The van der Waals surface area contributed by atoms with Gasteiger partial charge in [0, 0.05) is 10.8 Å². The number of benzene rings is 7. The molecule has 0 saturated carbocycles. The Morgan fingerprint density at radius 1 is 0.465 bits per heavy atom. The first-order chi connectivity index (χ1) is 21.2. The second kappa shape index (κ2) is 8.25. The zero-order chi connectivity index (χ0) is 28.3. The van der Waals surface area contributed by atoms with Gasteiger partial charge in [-0.2, -0.15) is 0 Å². The average molecular weight is 567 g/mol. The van der Waals surface area contributed by atoms with Gasteiger partial charge < -0.3 is 4.42 Å². The Hall–Kier alpha value is -5.11. The summed E-state index contributed by atoms with van der Waals surface area (Å²) in [6, 6.07) is 50.8. The fourth-order valence-electron chi connectivity index (χ4n) is 8.05. The number of fused-ring (bicyclic) bond motifs is 15. The summed E-state index contributed by atoms with van der Waals surface area (Å²) in [5.41, 5.74) is 14.0. The van der Waals surface area contributed by atoms with E-state index in [1.807, 2.05) is 18.2 Å². The Morgan fingerprint density at radius 3 is 1.95 bits per heavy atom. The highest BCUT2D eigenvalue weighted by molar-refractivity contribution is 6.36. The van der Waals surface area contributed by atoms with Crippen LogP contribution >= 0.6 is 11.6 Å². The molecule has 0 amide bonds. The van der Waals surface area contributed by atoms with Crippen LogP contribution in [0.5, 0.6) is 0 Å². The van der Waals surface area contributed by atoms with Crippen LogP contribution in [0.15, 0.2) is 144 Å². The molecule has 1 aromatic heterocycles. The highest BCUT2D eigenvalue weighted by Crippen LogP contribution is 2.64. The average Bonchev–Trinajstić information content (AvgIpc) is 3.69. The van der Waals surface area contributed by atoms with E-state index in [4.69, 9.17) is 16.0 Å². The van der Waals surface area contributed by atoms with Crippen molar-refractivity contribution in [3.05, 3.63) is 167 Å². The predicted molar refractivity (Wildman–Crippen MR) is 178 cm³/mol. The number of furan rings is 1. The first-order valence-corrected chi connectivity index (χ1v) is 15.1. The van der Waals surface area contributed by atoms with Gasteiger partial charge in [0.25, 0.3) is 0 Å². The van der Waals surface area contributed by atoms with Crippen LogP contribution in [0.3, 0.4) is 0 Å². The molecule has 2 aliphatic carbocycles. The van der Waals surface area contributed by atoms with Crippen LogP contribution in [0.1, 0.15) is 22.3 Å². The molecule has 0 aliphatic heterocycles. The maximum atomic E-state index is 6.90. The van der Waals surface area contributed by atoms with Crippen LogP contribution in [0, 0.1) is 0 Å². The quantitative estimate of drug-likeness (QED) is 0.192. The van der Waals surface area contributed by atoms with Crippen LogP contribution in [0.2, 0.25) is 5.02 Å². The van der Waals surface area contributed by atoms with Crippen molar-refractivity contribution < 1.29 is 4.42 Å². The SMILES string of the molecule is Clc1cc(-c2ccc3c(c2)C2(c4ccccc4-3)c3ccccc3-c3ccc4ccccc4c32)cc2c1oc1ccccc12. The van der Waals surface area contributed by atoms with E-state index in [-0.39, 0.29) is 0 Å². The smallest absolute Gasteiger partial charge is 0.154 e. The van der Waals surface area contributed by atoms with Crippen molar-refractivity contribution in [1.82, 2.24) is 0 Å². The first kappa shape index (κ1) is 23.5. The maximum Gasteiger partial charge on any atom is 0.154 e. The zero-order valence-electron chi connectivity index (χ0n) is 23.1. The van der Waals surface area contributed by atoms with E-state index >= 15 is 0 Å². The third-order valence-corrected chi connectivity index (χ3v) is 10.0. The highest BCUT2D eigenvalue weighted by Gasteiger charge is 2.52. The molecule has 1 heterocycles. The van der Waals surface area contributed by atoms with Crippen molar-refractivity contribution in [2.24, 2.45) is 0 Å². The Kier molecular flexibility index (Phi) is 4.50. The minimum atomic E-state index is -0.426. The van der Waals surface area contributed by atoms with Crippen LogP contribution in [-0.4, -0.2) is 0 Å². The molecular weight excluding hydrogens is 544 g/mol. The van der Waals surface area contributed by atoms with Gasteiger partial charge in [0.1, 0.15) is 5.58 Å². The molecule has 0 N–H and O–H groups in total. The van der Waals surface area contributed by atoms with E-state index in [0.29, 0.717) is 5.02 Å². The molecule has 0 bridgehead atoms. The normalized spacial score (nSPS) is 16.1. The van der Waals surface area contributed by atoms with E-state index in [9.17, 15) is 0 Å². The van der Waals surface area contributed by atoms with Crippen LogP contribution in [0.4, 0.5) is 0 Å². The summed E-state index contributed by atoms with van der Waals surface area (Å²) in [6.07, 6.45) is 0. The van der Waals surface area contributed by atoms with Gasteiger partial charge in [0.15, 0.2) is 5.58 Å². The molecule has 2 heteroatoms. The molecule has 200 valence electrons. The monoisotopic (exact) mass is 566 g/mol. The number of hydrogen-bond donors (Lipinski definition) is 0. The van der Waals surface area contributed by atoms with Gasteiger partial charge in [-0.15, -0.1) is 0 Å². The Balaban J connectivity index is 1.32.